The van der Waals surface area contributed by atoms with Crippen LogP contribution in [0.15, 0.2) is 47.5 Å². The number of halogens is 1. The molecule has 7 heteroatoms. The van der Waals surface area contributed by atoms with Gasteiger partial charge in [0.05, 0.1) is 16.9 Å². The second kappa shape index (κ2) is 6.99. The highest BCUT2D eigenvalue weighted by Gasteiger charge is 2.19. The van der Waals surface area contributed by atoms with E-state index in [-0.39, 0.29) is 15.7 Å². The molecule has 1 atom stereocenters. The Balaban J connectivity index is 1.75. The molecular weight excluding hydrogens is 346 g/mol. The second-order valence-electron chi connectivity index (χ2n) is 6.13. The lowest BCUT2D eigenvalue weighted by molar-refractivity contribution is 0.446. The Labute approximate surface area is 147 Å². The smallest absolute Gasteiger partial charge is 0.264 e. The number of anilines is 2. The molecule has 0 aliphatic carbocycles. The molecule has 5 nitrogen and oxygen atoms in total. The maximum absolute atomic E-state index is 12.4. The van der Waals surface area contributed by atoms with Gasteiger partial charge in [0.1, 0.15) is 10.7 Å². The first-order chi connectivity index (χ1) is 11.5. The molecule has 1 saturated heterocycles. The van der Waals surface area contributed by atoms with Crippen LogP contribution in [-0.2, 0) is 10.0 Å². The second-order valence-corrected chi connectivity index (χ2v) is 8.19. The van der Waals surface area contributed by atoms with E-state index in [1.807, 2.05) is 6.07 Å². The van der Waals surface area contributed by atoms with Crippen molar-refractivity contribution in [1.82, 2.24) is 4.98 Å². The van der Waals surface area contributed by atoms with E-state index in [1.54, 1.807) is 30.5 Å². The van der Waals surface area contributed by atoms with Gasteiger partial charge in [0, 0.05) is 13.1 Å². The van der Waals surface area contributed by atoms with Crippen LogP contribution < -0.4 is 9.62 Å². The summed E-state index contributed by atoms with van der Waals surface area (Å²) >= 11 is 5.97. The third kappa shape index (κ3) is 3.82. The highest BCUT2D eigenvalue weighted by atomic mass is 35.5. The number of piperidine rings is 1. The van der Waals surface area contributed by atoms with E-state index in [1.165, 1.54) is 18.9 Å². The zero-order chi connectivity index (χ0) is 17.2. The SMILES string of the molecule is CC1CCCN(c2ccc(NS(=O)(=O)c3ccccc3Cl)nc2)C1. The summed E-state index contributed by atoms with van der Waals surface area (Å²) in [6.45, 7) is 4.26. The number of rotatable bonds is 4. The van der Waals surface area contributed by atoms with Gasteiger partial charge < -0.3 is 4.90 Å². The van der Waals surface area contributed by atoms with E-state index in [2.05, 4.69) is 21.5 Å². The van der Waals surface area contributed by atoms with Crippen molar-refractivity contribution in [2.45, 2.75) is 24.7 Å². The van der Waals surface area contributed by atoms with E-state index >= 15 is 0 Å². The van der Waals surface area contributed by atoms with Crippen molar-refractivity contribution in [2.24, 2.45) is 5.92 Å². The summed E-state index contributed by atoms with van der Waals surface area (Å²) in [5.74, 6) is 0.945. The number of aromatic nitrogens is 1. The molecule has 0 spiro atoms. The molecule has 1 aromatic carbocycles. The largest absolute Gasteiger partial charge is 0.370 e. The first-order valence-corrected chi connectivity index (χ1v) is 9.80. The van der Waals surface area contributed by atoms with Crippen molar-refractivity contribution in [3.63, 3.8) is 0 Å². The topological polar surface area (TPSA) is 62.3 Å². The lowest BCUT2D eigenvalue weighted by Gasteiger charge is -2.32. The Hall–Kier alpha value is -1.79. The summed E-state index contributed by atoms with van der Waals surface area (Å²) < 4.78 is 27.3. The summed E-state index contributed by atoms with van der Waals surface area (Å²) in [7, 11) is -3.75. The molecule has 2 heterocycles. The fraction of sp³-hybridized carbons (Fsp3) is 0.353. The number of benzene rings is 1. The molecule has 24 heavy (non-hydrogen) atoms. The van der Waals surface area contributed by atoms with Gasteiger partial charge in [-0.25, -0.2) is 13.4 Å². The number of hydrogen-bond donors (Lipinski definition) is 1. The Kier molecular flexibility index (Phi) is 4.96. The quantitative estimate of drug-likeness (QED) is 0.895. The number of nitrogens with one attached hydrogen (secondary N) is 1. The lowest BCUT2D eigenvalue weighted by Crippen LogP contribution is -2.34. The molecule has 0 amide bonds. The van der Waals surface area contributed by atoms with Gasteiger partial charge in [0.15, 0.2) is 0 Å². The Morgan fingerprint density at radius 2 is 2.04 bits per heavy atom. The molecule has 0 saturated carbocycles. The van der Waals surface area contributed by atoms with Crippen molar-refractivity contribution < 1.29 is 8.42 Å². The zero-order valence-electron chi connectivity index (χ0n) is 13.4. The third-order valence-corrected chi connectivity index (χ3v) is 5.99. The Morgan fingerprint density at radius 3 is 2.71 bits per heavy atom. The molecule has 1 N–H and O–H groups in total. The van der Waals surface area contributed by atoms with E-state index < -0.39 is 10.0 Å². The average Bonchev–Trinajstić information content (AvgIpc) is 2.55. The van der Waals surface area contributed by atoms with Crippen LogP contribution in [0.2, 0.25) is 5.02 Å². The van der Waals surface area contributed by atoms with Gasteiger partial charge in [-0.15, -0.1) is 0 Å². The summed E-state index contributed by atoms with van der Waals surface area (Å²) in [5, 5.41) is 0.184. The number of hydrogen-bond acceptors (Lipinski definition) is 4. The van der Waals surface area contributed by atoms with Crippen molar-refractivity contribution >= 4 is 33.1 Å². The van der Waals surface area contributed by atoms with Crippen molar-refractivity contribution in [3.8, 4) is 0 Å². The van der Waals surface area contributed by atoms with Crippen LogP contribution in [0.5, 0.6) is 0 Å². The first kappa shape index (κ1) is 17.0. The summed E-state index contributed by atoms with van der Waals surface area (Å²) in [6.07, 6.45) is 4.13. The molecule has 1 aliphatic heterocycles. The van der Waals surface area contributed by atoms with Crippen LogP contribution in [0.4, 0.5) is 11.5 Å². The van der Waals surface area contributed by atoms with E-state index in [0.717, 1.165) is 18.8 Å². The Morgan fingerprint density at radius 1 is 1.25 bits per heavy atom. The van der Waals surface area contributed by atoms with E-state index in [4.69, 9.17) is 11.6 Å². The minimum absolute atomic E-state index is 0.0439. The molecule has 1 unspecified atom stereocenters. The van der Waals surface area contributed by atoms with Crippen molar-refractivity contribution in [2.75, 3.05) is 22.7 Å². The summed E-state index contributed by atoms with van der Waals surface area (Å²) in [5.41, 5.74) is 1.02. The maximum atomic E-state index is 12.4. The highest BCUT2D eigenvalue weighted by Crippen LogP contribution is 2.25. The van der Waals surface area contributed by atoms with Crippen LogP contribution in [0.1, 0.15) is 19.8 Å². The normalized spacial score (nSPS) is 18.4. The minimum atomic E-state index is -3.75. The van der Waals surface area contributed by atoms with Crippen LogP contribution in [0, 0.1) is 5.92 Å². The highest BCUT2D eigenvalue weighted by molar-refractivity contribution is 7.92. The Bertz CT molecular complexity index is 809. The molecular formula is C17H20ClN3O2S. The van der Waals surface area contributed by atoms with Gasteiger partial charge in [0.2, 0.25) is 0 Å². The number of pyridine rings is 1. The van der Waals surface area contributed by atoms with Crippen LogP contribution in [0.3, 0.4) is 0 Å². The third-order valence-electron chi connectivity index (χ3n) is 4.14. The summed E-state index contributed by atoms with van der Waals surface area (Å²) in [4.78, 5) is 6.57. The number of nitrogens with zero attached hydrogens (tertiary/aromatic N) is 2. The van der Waals surface area contributed by atoms with E-state index in [0.29, 0.717) is 5.92 Å². The molecule has 0 bridgehead atoms. The average molecular weight is 366 g/mol. The molecule has 1 fully saturated rings. The molecule has 1 aliphatic rings. The van der Waals surface area contributed by atoms with Gasteiger partial charge >= 0.3 is 0 Å². The van der Waals surface area contributed by atoms with E-state index in [9.17, 15) is 8.42 Å². The van der Waals surface area contributed by atoms with Gasteiger partial charge in [0.25, 0.3) is 10.0 Å². The molecule has 1 aromatic heterocycles. The minimum Gasteiger partial charge on any atom is -0.370 e. The lowest BCUT2D eigenvalue weighted by atomic mass is 10.00. The number of sulfonamides is 1. The standard InChI is InChI=1S/C17H20ClN3O2S/c1-13-5-4-10-21(12-13)14-8-9-17(19-11-14)20-24(22,23)16-7-3-2-6-15(16)18/h2-3,6-9,11,13H,4-5,10,12H2,1H3,(H,19,20). The van der Waals surface area contributed by atoms with Crippen LogP contribution in [-0.4, -0.2) is 26.5 Å². The van der Waals surface area contributed by atoms with Crippen LogP contribution >= 0.6 is 11.6 Å². The van der Waals surface area contributed by atoms with Gasteiger partial charge in [-0.3, -0.25) is 4.72 Å². The summed E-state index contributed by atoms with van der Waals surface area (Å²) in [6, 6.07) is 9.92. The van der Waals surface area contributed by atoms with Gasteiger partial charge in [-0.1, -0.05) is 30.7 Å². The zero-order valence-corrected chi connectivity index (χ0v) is 15.0. The molecule has 2 aromatic rings. The van der Waals surface area contributed by atoms with Crippen molar-refractivity contribution in [1.29, 1.82) is 0 Å². The molecule has 0 radical (unpaired) electrons. The molecule has 3 rings (SSSR count). The van der Waals surface area contributed by atoms with Crippen molar-refractivity contribution in [3.05, 3.63) is 47.6 Å². The maximum Gasteiger partial charge on any atom is 0.264 e. The first-order valence-electron chi connectivity index (χ1n) is 7.94. The fourth-order valence-corrected chi connectivity index (χ4v) is 4.44. The fourth-order valence-electron chi connectivity index (χ4n) is 2.91. The predicted octanol–water partition coefficient (Wildman–Crippen LogP) is 3.77. The van der Waals surface area contributed by atoms with Crippen LogP contribution in [0.25, 0.3) is 0 Å². The van der Waals surface area contributed by atoms with Gasteiger partial charge in [-0.05, 0) is 43.0 Å². The van der Waals surface area contributed by atoms with Gasteiger partial charge in [-0.2, -0.15) is 0 Å². The predicted molar refractivity (Wildman–Crippen MR) is 97.1 cm³/mol. The monoisotopic (exact) mass is 365 g/mol. The molecule has 128 valence electrons.